The van der Waals surface area contributed by atoms with Crippen LogP contribution in [-0.4, -0.2) is 53.9 Å². The molecule has 1 saturated carbocycles. The molecule has 0 aromatic heterocycles. The van der Waals surface area contributed by atoms with E-state index in [0.717, 1.165) is 102 Å². The molecule has 7 heteroatoms. The van der Waals surface area contributed by atoms with Crippen LogP contribution in [0.25, 0.3) is 39.1 Å². The summed E-state index contributed by atoms with van der Waals surface area (Å²) in [4.78, 5) is 3.69. The Hall–Kier alpha value is -5.37. The van der Waals surface area contributed by atoms with Gasteiger partial charge in [-0.3, -0.25) is 0 Å². The van der Waals surface area contributed by atoms with E-state index in [-0.39, 0.29) is 16.2 Å². The van der Waals surface area contributed by atoms with Crippen LogP contribution in [0.5, 0.6) is 23.0 Å². The van der Waals surface area contributed by atoms with Crippen molar-refractivity contribution < 1.29 is 23.7 Å². The standard InChI is InChI=1S/C55H57NO5S/c1-52(2)32-53(3,4)34-54(33-52)47-29-41(62-8)21-22-42(47)49-45-31-48(59-7)44(35-9-15-38(16-10-35)56-25-27-60-28-26-56)30-46(45)51-43(50(49)54)23-24-55(61-51,36-11-17-39(57-5)18-12-36)37-13-19-40(58-6)20-14-37/h9-24,29-31H,25-28,32-34H2,1-8H3. The van der Waals surface area contributed by atoms with E-state index in [1.165, 1.54) is 38.4 Å². The highest BCUT2D eigenvalue weighted by Gasteiger charge is 2.55. The number of morpholine rings is 1. The summed E-state index contributed by atoms with van der Waals surface area (Å²) in [5.74, 6) is 3.32. The van der Waals surface area contributed by atoms with Crippen molar-refractivity contribution in [3.63, 3.8) is 0 Å². The molecule has 2 fully saturated rings. The van der Waals surface area contributed by atoms with Crippen molar-refractivity contribution in [3.05, 3.63) is 137 Å². The normalized spacial score (nSPS) is 18.7. The number of hydrogen-bond donors (Lipinski definition) is 0. The topological polar surface area (TPSA) is 49.4 Å². The number of ether oxygens (including phenoxy) is 5. The highest BCUT2D eigenvalue weighted by atomic mass is 32.2. The van der Waals surface area contributed by atoms with Crippen molar-refractivity contribution in [1.29, 1.82) is 0 Å². The van der Waals surface area contributed by atoms with E-state index in [9.17, 15) is 0 Å². The number of hydrogen-bond acceptors (Lipinski definition) is 7. The quantitative estimate of drug-likeness (QED) is 0.141. The van der Waals surface area contributed by atoms with Gasteiger partial charge in [-0.1, -0.05) is 76.2 Å². The summed E-state index contributed by atoms with van der Waals surface area (Å²) in [6.45, 7) is 13.2. The summed E-state index contributed by atoms with van der Waals surface area (Å²) in [5, 5.41) is 2.21. The van der Waals surface area contributed by atoms with Gasteiger partial charge in [0.25, 0.3) is 0 Å². The van der Waals surface area contributed by atoms with Crippen LogP contribution >= 0.6 is 11.8 Å². The number of thioether (sulfide) groups is 1. The van der Waals surface area contributed by atoms with E-state index in [1.54, 1.807) is 21.3 Å². The maximum absolute atomic E-state index is 7.89. The van der Waals surface area contributed by atoms with E-state index in [2.05, 4.69) is 130 Å². The van der Waals surface area contributed by atoms with Crippen molar-refractivity contribution in [1.82, 2.24) is 0 Å². The van der Waals surface area contributed by atoms with E-state index in [0.29, 0.717) is 0 Å². The summed E-state index contributed by atoms with van der Waals surface area (Å²) >= 11 is 1.82. The van der Waals surface area contributed by atoms with Crippen LogP contribution in [0.3, 0.4) is 0 Å². The Morgan fingerprint density at radius 1 is 0.645 bits per heavy atom. The summed E-state index contributed by atoms with van der Waals surface area (Å²) in [5.41, 5.74) is 10.9. The van der Waals surface area contributed by atoms with Crippen molar-refractivity contribution in [2.75, 3.05) is 58.8 Å². The zero-order valence-electron chi connectivity index (χ0n) is 37.3. The van der Waals surface area contributed by atoms with Crippen LogP contribution < -0.4 is 23.8 Å². The van der Waals surface area contributed by atoms with Crippen LogP contribution in [0.15, 0.2) is 114 Å². The molecule has 2 heterocycles. The molecule has 0 amide bonds. The molecule has 2 aliphatic heterocycles. The number of anilines is 1. The number of fused-ring (bicyclic) bond motifs is 10. The molecule has 1 spiro atoms. The molecule has 1 saturated heterocycles. The van der Waals surface area contributed by atoms with E-state index in [4.69, 9.17) is 23.7 Å². The summed E-state index contributed by atoms with van der Waals surface area (Å²) in [7, 11) is 5.22. The Labute approximate surface area is 371 Å². The molecule has 0 bridgehead atoms. The van der Waals surface area contributed by atoms with E-state index >= 15 is 0 Å². The maximum Gasteiger partial charge on any atom is 0.178 e. The largest absolute Gasteiger partial charge is 0.497 e. The average Bonchev–Trinajstić information content (AvgIpc) is 3.55. The first-order chi connectivity index (χ1) is 29.9. The molecule has 6 aromatic carbocycles. The number of rotatable bonds is 8. The molecule has 0 radical (unpaired) electrons. The molecule has 2 aliphatic carbocycles. The lowest BCUT2D eigenvalue weighted by molar-refractivity contribution is 0.0641. The van der Waals surface area contributed by atoms with Crippen molar-refractivity contribution in [2.45, 2.75) is 62.9 Å². The van der Waals surface area contributed by atoms with Crippen molar-refractivity contribution >= 4 is 34.3 Å². The number of methoxy groups -OCH3 is 3. The van der Waals surface area contributed by atoms with Crippen LogP contribution in [0.2, 0.25) is 0 Å². The molecule has 6 aromatic rings. The second kappa shape index (κ2) is 15.2. The molecule has 10 rings (SSSR count). The van der Waals surface area contributed by atoms with Gasteiger partial charge in [0.2, 0.25) is 0 Å². The Bertz CT molecular complexity index is 2650. The molecule has 318 valence electrons. The van der Waals surface area contributed by atoms with Gasteiger partial charge >= 0.3 is 0 Å². The minimum absolute atomic E-state index is 0.0992. The fourth-order valence-corrected chi connectivity index (χ4v) is 12.5. The van der Waals surface area contributed by atoms with Crippen molar-refractivity contribution in [2.24, 2.45) is 10.8 Å². The zero-order chi connectivity index (χ0) is 43.0. The van der Waals surface area contributed by atoms with Gasteiger partial charge in [-0.15, -0.1) is 11.8 Å². The predicted octanol–water partition coefficient (Wildman–Crippen LogP) is 12.9. The fourth-order valence-electron chi connectivity index (χ4n) is 12.0. The number of benzene rings is 6. The third-order valence-corrected chi connectivity index (χ3v) is 14.7. The number of nitrogens with zero attached hydrogens (tertiary/aromatic N) is 1. The van der Waals surface area contributed by atoms with Gasteiger partial charge in [0.1, 0.15) is 23.0 Å². The third-order valence-electron chi connectivity index (χ3n) is 14.0. The third kappa shape index (κ3) is 6.57. The molecule has 4 aliphatic rings. The summed E-state index contributed by atoms with van der Waals surface area (Å²) in [6, 6.07) is 37.4. The Morgan fingerprint density at radius 3 is 1.85 bits per heavy atom. The maximum atomic E-state index is 7.89. The molecule has 0 atom stereocenters. The van der Waals surface area contributed by atoms with Gasteiger partial charge in [-0.25, -0.2) is 0 Å². The first-order valence-electron chi connectivity index (χ1n) is 21.9. The van der Waals surface area contributed by atoms with Gasteiger partial charge < -0.3 is 28.6 Å². The second-order valence-corrected chi connectivity index (χ2v) is 20.1. The lowest BCUT2D eigenvalue weighted by atomic mass is 9.52. The van der Waals surface area contributed by atoms with Crippen molar-refractivity contribution in [3.8, 4) is 45.3 Å². The van der Waals surface area contributed by atoms with Crippen LogP contribution in [0.1, 0.15) is 74.8 Å². The van der Waals surface area contributed by atoms with Gasteiger partial charge in [0.05, 0.1) is 34.5 Å². The Morgan fingerprint density at radius 2 is 1.27 bits per heavy atom. The van der Waals surface area contributed by atoms with Crippen LogP contribution in [-0.2, 0) is 15.8 Å². The predicted molar refractivity (Wildman–Crippen MR) is 255 cm³/mol. The highest BCUT2D eigenvalue weighted by Crippen LogP contribution is 2.67. The van der Waals surface area contributed by atoms with E-state index in [1.807, 2.05) is 36.0 Å². The molecule has 0 unspecified atom stereocenters. The zero-order valence-corrected chi connectivity index (χ0v) is 38.1. The molecule has 62 heavy (non-hydrogen) atoms. The van der Waals surface area contributed by atoms with Crippen LogP contribution in [0.4, 0.5) is 5.69 Å². The van der Waals surface area contributed by atoms with E-state index < -0.39 is 5.60 Å². The minimum atomic E-state index is -0.956. The first kappa shape index (κ1) is 40.7. The Kier molecular flexibility index (Phi) is 9.95. The minimum Gasteiger partial charge on any atom is -0.497 e. The SMILES string of the molecule is COc1ccc(C2(c3ccc(OC)cc3)C=Cc3c4c(c5cc(OC)c(-c6ccc(N7CCOCC7)cc6)cc5c3O2)-c2ccc(SC)cc2C42CC(C)(C)CC(C)(C)C2)cc1. The van der Waals surface area contributed by atoms with Gasteiger partial charge in [-0.2, -0.15) is 0 Å². The van der Waals surface area contributed by atoms with Crippen LogP contribution in [0, 0.1) is 10.8 Å². The van der Waals surface area contributed by atoms with Gasteiger partial charge in [0, 0.05) is 56.7 Å². The lowest BCUT2D eigenvalue weighted by Gasteiger charge is -2.52. The monoisotopic (exact) mass is 843 g/mol. The second-order valence-electron chi connectivity index (χ2n) is 19.2. The highest BCUT2D eigenvalue weighted by molar-refractivity contribution is 7.98. The summed E-state index contributed by atoms with van der Waals surface area (Å²) < 4.78 is 31.3. The molecular formula is C55H57NO5S. The Balaban J connectivity index is 1.28. The average molecular weight is 844 g/mol. The molecular weight excluding hydrogens is 787 g/mol. The summed E-state index contributed by atoms with van der Waals surface area (Å²) in [6.07, 6.45) is 10.1. The fraction of sp³-hybridized carbons (Fsp3) is 0.345. The molecule has 6 nitrogen and oxygen atoms in total. The van der Waals surface area contributed by atoms with Gasteiger partial charge in [-0.05, 0) is 136 Å². The first-order valence-corrected chi connectivity index (χ1v) is 23.2. The lowest BCUT2D eigenvalue weighted by Crippen LogP contribution is -2.44. The van der Waals surface area contributed by atoms with Gasteiger partial charge in [0.15, 0.2) is 5.60 Å². The molecule has 0 N–H and O–H groups in total. The smallest absolute Gasteiger partial charge is 0.178 e.